The molecule has 32 heavy (non-hydrogen) atoms. The summed E-state index contributed by atoms with van der Waals surface area (Å²) in [5.74, 6) is -0.453. The molecule has 0 saturated carbocycles. The zero-order valence-corrected chi connectivity index (χ0v) is 20.1. The maximum absolute atomic E-state index is 13.4. The van der Waals surface area contributed by atoms with Gasteiger partial charge in [-0.25, -0.2) is 8.42 Å². The van der Waals surface area contributed by atoms with E-state index in [1.807, 2.05) is 32.0 Å². The second-order valence-electron chi connectivity index (χ2n) is 7.13. The second kappa shape index (κ2) is 10.4. The summed E-state index contributed by atoms with van der Waals surface area (Å²) in [6, 6.07) is 18.3. The minimum atomic E-state index is -4.03. The highest BCUT2D eigenvalue weighted by molar-refractivity contribution is 7.92. The van der Waals surface area contributed by atoms with Crippen molar-refractivity contribution in [3.63, 3.8) is 0 Å². The van der Waals surface area contributed by atoms with Crippen molar-refractivity contribution in [3.8, 4) is 0 Å². The van der Waals surface area contributed by atoms with Crippen molar-refractivity contribution in [2.45, 2.75) is 31.6 Å². The second-order valence-corrected chi connectivity index (χ2v) is 9.81. The van der Waals surface area contributed by atoms with Crippen molar-refractivity contribution in [2.24, 2.45) is 0 Å². The number of halogens is 2. The van der Waals surface area contributed by atoms with Crippen LogP contribution >= 0.6 is 23.2 Å². The molecule has 0 spiro atoms. The van der Waals surface area contributed by atoms with Crippen LogP contribution in [0.4, 0.5) is 11.4 Å². The Bertz CT molecular complexity index is 1190. The van der Waals surface area contributed by atoms with Gasteiger partial charge in [0.2, 0.25) is 5.91 Å². The Hall–Kier alpha value is -2.54. The van der Waals surface area contributed by atoms with Crippen molar-refractivity contribution in [3.05, 3.63) is 87.9 Å². The van der Waals surface area contributed by atoms with E-state index in [-0.39, 0.29) is 15.6 Å². The highest BCUT2D eigenvalue weighted by Gasteiger charge is 2.28. The lowest BCUT2D eigenvalue weighted by molar-refractivity contribution is -0.114. The number of rotatable bonds is 8. The lowest BCUT2D eigenvalue weighted by atomic mass is 10.0. The molecule has 0 heterocycles. The number of carbonyl (C=O) groups is 1. The van der Waals surface area contributed by atoms with Gasteiger partial charge in [-0.05, 0) is 54.3 Å². The predicted octanol–water partition coefficient (Wildman–Crippen LogP) is 5.95. The fourth-order valence-electron chi connectivity index (χ4n) is 3.39. The molecule has 3 aromatic carbocycles. The summed E-state index contributed by atoms with van der Waals surface area (Å²) in [4.78, 5) is 13.2. The zero-order valence-electron chi connectivity index (χ0n) is 17.8. The molecule has 1 N–H and O–H groups in total. The Balaban J connectivity index is 2.00. The molecule has 0 unspecified atom stereocenters. The molecule has 0 aromatic heterocycles. The molecule has 3 rings (SSSR count). The van der Waals surface area contributed by atoms with Gasteiger partial charge in [0.25, 0.3) is 10.0 Å². The molecule has 5 nitrogen and oxygen atoms in total. The van der Waals surface area contributed by atoms with Gasteiger partial charge in [0.1, 0.15) is 6.54 Å². The number of aryl methyl sites for hydroxylation is 2. The van der Waals surface area contributed by atoms with Crippen LogP contribution in [0.15, 0.2) is 71.6 Å². The molecule has 168 valence electrons. The van der Waals surface area contributed by atoms with Crippen molar-refractivity contribution in [1.29, 1.82) is 0 Å². The average molecular weight is 491 g/mol. The van der Waals surface area contributed by atoms with Crippen LogP contribution in [-0.2, 0) is 27.7 Å². The van der Waals surface area contributed by atoms with Crippen molar-refractivity contribution in [1.82, 2.24) is 0 Å². The Kier molecular flexibility index (Phi) is 7.82. The molecule has 0 atom stereocenters. The average Bonchev–Trinajstić information content (AvgIpc) is 2.80. The number of anilines is 2. The van der Waals surface area contributed by atoms with Crippen LogP contribution in [0.2, 0.25) is 10.0 Å². The van der Waals surface area contributed by atoms with Gasteiger partial charge in [0, 0.05) is 5.69 Å². The molecule has 0 bridgehead atoms. The van der Waals surface area contributed by atoms with E-state index in [4.69, 9.17) is 23.2 Å². The van der Waals surface area contributed by atoms with Crippen LogP contribution in [0.5, 0.6) is 0 Å². The predicted molar refractivity (Wildman–Crippen MR) is 131 cm³/mol. The fraction of sp³-hybridized carbons (Fsp3) is 0.208. The van der Waals surface area contributed by atoms with Gasteiger partial charge in [0.05, 0.1) is 20.6 Å². The molecule has 8 heteroatoms. The van der Waals surface area contributed by atoms with E-state index in [0.717, 1.165) is 34.0 Å². The van der Waals surface area contributed by atoms with Crippen molar-refractivity contribution in [2.75, 3.05) is 16.2 Å². The minimum absolute atomic E-state index is 0.0714. The monoisotopic (exact) mass is 490 g/mol. The summed E-state index contributed by atoms with van der Waals surface area (Å²) in [5.41, 5.74) is 2.96. The Morgan fingerprint density at radius 3 is 2.06 bits per heavy atom. The molecule has 0 aliphatic heterocycles. The lowest BCUT2D eigenvalue weighted by Crippen LogP contribution is -2.38. The van der Waals surface area contributed by atoms with Crippen molar-refractivity contribution >= 4 is 50.5 Å². The normalized spacial score (nSPS) is 11.2. The fourth-order valence-corrected chi connectivity index (χ4v) is 5.11. The molecule has 1 amide bonds. The van der Waals surface area contributed by atoms with E-state index < -0.39 is 22.5 Å². The summed E-state index contributed by atoms with van der Waals surface area (Å²) < 4.78 is 27.9. The maximum atomic E-state index is 13.4. The van der Waals surface area contributed by atoms with Crippen LogP contribution in [0.1, 0.15) is 25.0 Å². The molecule has 0 aliphatic carbocycles. The topological polar surface area (TPSA) is 66.5 Å². The zero-order chi connectivity index (χ0) is 23.3. The first-order chi connectivity index (χ1) is 15.3. The van der Waals surface area contributed by atoms with Crippen LogP contribution in [0, 0.1) is 0 Å². The standard InChI is InChI=1S/C24H24Cl2N2O3S/c1-3-17-9-8-10-18(4-2)24(17)27-23(29)16-28(19-13-14-21(25)22(26)15-19)32(30,31)20-11-6-5-7-12-20/h5-15H,3-4,16H2,1-2H3,(H,27,29). The summed E-state index contributed by atoms with van der Waals surface area (Å²) >= 11 is 12.2. The molecule has 0 fully saturated rings. The van der Waals surface area contributed by atoms with Gasteiger partial charge in [0.15, 0.2) is 0 Å². The summed E-state index contributed by atoms with van der Waals surface area (Å²) in [6.07, 6.45) is 1.48. The summed E-state index contributed by atoms with van der Waals surface area (Å²) in [7, 11) is -4.03. The number of benzene rings is 3. The van der Waals surface area contributed by atoms with Gasteiger partial charge < -0.3 is 5.32 Å². The summed E-state index contributed by atoms with van der Waals surface area (Å²) in [5, 5.41) is 3.42. The molecule has 3 aromatic rings. The Morgan fingerprint density at radius 2 is 1.50 bits per heavy atom. The molecular weight excluding hydrogens is 467 g/mol. The minimum Gasteiger partial charge on any atom is -0.324 e. The van der Waals surface area contributed by atoms with Gasteiger partial charge >= 0.3 is 0 Å². The molecule has 0 radical (unpaired) electrons. The highest BCUT2D eigenvalue weighted by atomic mass is 35.5. The van der Waals surface area contributed by atoms with E-state index in [1.165, 1.54) is 30.3 Å². The molecule has 0 aliphatic rings. The van der Waals surface area contributed by atoms with E-state index in [9.17, 15) is 13.2 Å². The van der Waals surface area contributed by atoms with Crippen LogP contribution in [-0.4, -0.2) is 20.9 Å². The third-order valence-electron chi connectivity index (χ3n) is 5.07. The summed E-state index contributed by atoms with van der Waals surface area (Å²) in [6.45, 7) is 3.59. The van der Waals surface area contributed by atoms with Crippen molar-refractivity contribution < 1.29 is 13.2 Å². The Labute approximate surface area is 199 Å². The van der Waals surface area contributed by atoms with E-state index in [2.05, 4.69) is 5.32 Å². The third kappa shape index (κ3) is 5.26. The number of nitrogens with zero attached hydrogens (tertiary/aromatic N) is 1. The van der Waals surface area contributed by atoms with Gasteiger partial charge in [-0.1, -0.05) is 73.4 Å². The third-order valence-corrected chi connectivity index (χ3v) is 7.60. The number of carbonyl (C=O) groups excluding carboxylic acids is 1. The van der Waals surface area contributed by atoms with Gasteiger partial charge in [-0.2, -0.15) is 0 Å². The van der Waals surface area contributed by atoms with E-state index in [1.54, 1.807) is 18.2 Å². The lowest BCUT2D eigenvalue weighted by Gasteiger charge is -2.25. The number of sulfonamides is 1. The Morgan fingerprint density at radius 1 is 0.875 bits per heavy atom. The first-order valence-electron chi connectivity index (χ1n) is 10.2. The number of para-hydroxylation sites is 1. The number of hydrogen-bond acceptors (Lipinski definition) is 3. The highest BCUT2D eigenvalue weighted by Crippen LogP contribution is 2.31. The molecular formula is C24H24Cl2N2O3S. The first kappa shape index (κ1) is 24.1. The largest absolute Gasteiger partial charge is 0.324 e. The maximum Gasteiger partial charge on any atom is 0.264 e. The first-order valence-corrected chi connectivity index (χ1v) is 12.4. The smallest absolute Gasteiger partial charge is 0.264 e. The van der Waals surface area contributed by atoms with Crippen LogP contribution in [0.25, 0.3) is 0 Å². The number of nitrogens with one attached hydrogen (secondary N) is 1. The number of hydrogen-bond donors (Lipinski definition) is 1. The van der Waals surface area contributed by atoms with Gasteiger partial charge in [-0.15, -0.1) is 0 Å². The quantitative estimate of drug-likeness (QED) is 0.423. The van der Waals surface area contributed by atoms with Crippen LogP contribution in [0.3, 0.4) is 0 Å². The van der Waals surface area contributed by atoms with Crippen LogP contribution < -0.4 is 9.62 Å². The van der Waals surface area contributed by atoms with E-state index >= 15 is 0 Å². The molecule has 0 saturated heterocycles. The van der Waals surface area contributed by atoms with Gasteiger partial charge in [-0.3, -0.25) is 9.10 Å². The number of amides is 1. The van der Waals surface area contributed by atoms with E-state index in [0.29, 0.717) is 5.02 Å². The SMILES string of the molecule is CCc1cccc(CC)c1NC(=O)CN(c1ccc(Cl)c(Cl)c1)S(=O)(=O)c1ccccc1.